The molecule has 0 fully saturated rings. The molecular weight excluding hydrogens is 341 g/mol. The second-order valence-corrected chi connectivity index (χ2v) is 5.67. The van der Waals surface area contributed by atoms with Gasteiger partial charge >= 0.3 is 11.9 Å². The Bertz CT molecular complexity index is 962. The molecule has 1 aromatic heterocycles. The van der Waals surface area contributed by atoms with Gasteiger partial charge in [-0.2, -0.15) is 13.2 Å². The molecule has 132 valence electrons. The van der Waals surface area contributed by atoms with Crippen molar-refractivity contribution in [1.82, 2.24) is 15.3 Å². The van der Waals surface area contributed by atoms with Crippen molar-refractivity contribution < 1.29 is 18.0 Å². The second kappa shape index (κ2) is 5.80. The number of rotatable bonds is 2. The normalized spacial score (nSPS) is 16.5. The van der Waals surface area contributed by atoms with Crippen LogP contribution in [0, 0.1) is 0 Å². The average molecular weight is 354 g/mol. The maximum absolute atomic E-state index is 12.8. The van der Waals surface area contributed by atoms with E-state index in [1.54, 1.807) is 0 Å². The molecule has 1 heterocycles. The van der Waals surface area contributed by atoms with E-state index in [9.17, 15) is 27.6 Å². The van der Waals surface area contributed by atoms with Gasteiger partial charge in [-0.05, 0) is 36.1 Å². The van der Waals surface area contributed by atoms with Crippen molar-refractivity contribution in [3.05, 3.63) is 61.4 Å². The number of amides is 1. The van der Waals surface area contributed by atoms with Crippen molar-refractivity contribution in [1.29, 1.82) is 0 Å². The number of fused-ring (bicyclic) bond motifs is 1. The number of aromatic amines is 2. The van der Waals surface area contributed by atoms with Crippen LogP contribution in [0.25, 0.3) is 0 Å². The van der Waals surface area contributed by atoms with E-state index in [1.165, 1.54) is 6.07 Å². The number of aromatic nitrogens is 2. The Morgan fingerprint density at radius 2 is 1.96 bits per heavy atom. The molecule has 0 bridgehead atoms. The lowest BCUT2D eigenvalue weighted by Gasteiger charge is -2.15. The van der Waals surface area contributed by atoms with Gasteiger partial charge in [-0.1, -0.05) is 6.07 Å². The highest BCUT2D eigenvalue weighted by Crippen LogP contribution is 2.36. The SMILES string of the molecule is Nc1c(C(=O)NC2CCc3cc(C(F)(F)F)ccc32)[nH]c(=O)[nH]c1=O. The Hall–Kier alpha value is -3.04. The molecule has 0 saturated carbocycles. The number of benzene rings is 1. The van der Waals surface area contributed by atoms with Crippen molar-refractivity contribution >= 4 is 11.6 Å². The highest BCUT2D eigenvalue weighted by molar-refractivity contribution is 5.97. The summed E-state index contributed by atoms with van der Waals surface area (Å²) in [6, 6.07) is 2.80. The molecule has 5 N–H and O–H groups in total. The summed E-state index contributed by atoms with van der Waals surface area (Å²) in [6.45, 7) is 0. The number of hydrogen-bond donors (Lipinski definition) is 4. The minimum atomic E-state index is -4.44. The minimum Gasteiger partial charge on any atom is -0.392 e. The highest BCUT2D eigenvalue weighted by Gasteiger charge is 2.33. The largest absolute Gasteiger partial charge is 0.416 e. The van der Waals surface area contributed by atoms with Crippen LogP contribution in [-0.2, 0) is 12.6 Å². The topological polar surface area (TPSA) is 121 Å². The monoisotopic (exact) mass is 354 g/mol. The van der Waals surface area contributed by atoms with Gasteiger partial charge in [0.2, 0.25) is 0 Å². The summed E-state index contributed by atoms with van der Waals surface area (Å²) >= 11 is 0. The first kappa shape index (κ1) is 16.8. The first-order valence-corrected chi connectivity index (χ1v) is 7.30. The summed E-state index contributed by atoms with van der Waals surface area (Å²) in [5.74, 6) is -0.779. The number of carbonyl (C=O) groups is 1. The van der Waals surface area contributed by atoms with Crippen LogP contribution in [0.2, 0.25) is 0 Å². The fourth-order valence-electron chi connectivity index (χ4n) is 2.85. The number of nitrogens with two attached hydrogens (primary N) is 1. The Balaban J connectivity index is 1.86. The highest BCUT2D eigenvalue weighted by atomic mass is 19.4. The van der Waals surface area contributed by atoms with E-state index in [4.69, 9.17) is 5.73 Å². The second-order valence-electron chi connectivity index (χ2n) is 5.67. The van der Waals surface area contributed by atoms with Crippen LogP contribution in [0.1, 0.15) is 39.6 Å². The Labute approximate surface area is 138 Å². The third-order valence-corrected chi connectivity index (χ3v) is 4.06. The van der Waals surface area contributed by atoms with Gasteiger partial charge in [-0.3, -0.25) is 14.6 Å². The lowest BCUT2D eigenvalue weighted by molar-refractivity contribution is -0.137. The maximum Gasteiger partial charge on any atom is 0.416 e. The van der Waals surface area contributed by atoms with E-state index >= 15 is 0 Å². The predicted octanol–water partition coefficient (Wildman–Crippen LogP) is 1.08. The van der Waals surface area contributed by atoms with Crippen LogP contribution < -0.4 is 22.3 Å². The number of anilines is 1. The van der Waals surface area contributed by atoms with Crippen molar-refractivity contribution in [3.8, 4) is 0 Å². The third-order valence-electron chi connectivity index (χ3n) is 4.06. The number of hydrogen-bond acceptors (Lipinski definition) is 4. The number of halogens is 3. The third kappa shape index (κ3) is 3.14. The zero-order chi connectivity index (χ0) is 18.4. The van der Waals surface area contributed by atoms with Gasteiger partial charge in [0.15, 0.2) is 0 Å². The van der Waals surface area contributed by atoms with E-state index in [1.807, 2.05) is 4.98 Å². The number of alkyl halides is 3. The molecule has 25 heavy (non-hydrogen) atoms. The lowest BCUT2D eigenvalue weighted by atomic mass is 10.0. The van der Waals surface area contributed by atoms with Crippen molar-refractivity contribution in [2.45, 2.75) is 25.1 Å². The summed E-state index contributed by atoms with van der Waals surface area (Å²) < 4.78 is 38.3. The number of H-pyrrole nitrogens is 2. The fraction of sp³-hybridized carbons (Fsp3) is 0.267. The molecule has 0 saturated heterocycles. The zero-order valence-corrected chi connectivity index (χ0v) is 12.7. The van der Waals surface area contributed by atoms with Crippen LogP contribution in [0.4, 0.5) is 18.9 Å². The van der Waals surface area contributed by atoms with Crippen LogP contribution in [0.5, 0.6) is 0 Å². The Kier molecular flexibility index (Phi) is 3.90. The molecule has 1 atom stereocenters. The van der Waals surface area contributed by atoms with Crippen LogP contribution >= 0.6 is 0 Å². The quantitative estimate of drug-likeness (QED) is 0.645. The number of carbonyl (C=O) groups excluding carboxylic acids is 1. The molecular formula is C15H13F3N4O3. The van der Waals surface area contributed by atoms with Gasteiger partial charge in [0.25, 0.3) is 11.5 Å². The standard InChI is InChI=1S/C15H13F3N4O3/c16-15(17,18)7-2-3-8-6(5-7)1-4-9(8)20-13(24)11-10(19)12(23)22-14(25)21-11/h2-3,5,9H,1,4,19H2,(H,20,24)(H2,21,22,23,25). The predicted molar refractivity (Wildman–Crippen MR) is 82.1 cm³/mol. The van der Waals surface area contributed by atoms with Crippen molar-refractivity contribution in [2.24, 2.45) is 0 Å². The maximum atomic E-state index is 12.8. The smallest absolute Gasteiger partial charge is 0.392 e. The number of aryl methyl sites for hydroxylation is 1. The molecule has 2 aromatic rings. The first-order valence-electron chi connectivity index (χ1n) is 7.30. The van der Waals surface area contributed by atoms with E-state index in [0.29, 0.717) is 24.0 Å². The molecule has 1 aliphatic carbocycles. The van der Waals surface area contributed by atoms with Gasteiger partial charge in [0, 0.05) is 0 Å². The van der Waals surface area contributed by atoms with Crippen LogP contribution in [0.15, 0.2) is 27.8 Å². The van der Waals surface area contributed by atoms with Gasteiger partial charge in [0.05, 0.1) is 11.6 Å². The Morgan fingerprint density at radius 1 is 1.24 bits per heavy atom. The van der Waals surface area contributed by atoms with Gasteiger partial charge in [-0.25, -0.2) is 4.79 Å². The first-order chi connectivity index (χ1) is 11.7. The van der Waals surface area contributed by atoms with Gasteiger partial charge < -0.3 is 16.0 Å². The molecule has 1 amide bonds. The van der Waals surface area contributed by atoms with Crippen LogP contribution in [0.3, 0.4) is 0 Å². The summed E-state index contributed by atoms with van der Waals surface area (Å²) in [5, 5.41) is 2.58. The minimum absolute atomic E-state index is 0.367. The van der Waals surface area contributed by atoms with E-state index < -0.39 is 40.6 Å². The summed E-state index contributed by atoms with van der Waals surface area (Å²) in [6.07, 6.45) is -3.67. The molecule has 0 spiro atoms. The molecule has 3 rings (SSSR count). The fourth-order valence-corrected chi connectivity index (χ4v) is 2.85. The lowest BCUT2D eigenvalue weighted by Crippen LogP contribution is -2.34. The summed E-state index contributed by atoms with van der Waals surface area (Å²) in [4.78, 5) is 39.0. The van der Waals surface area contributed by atoms with Crippen molar-refractivity contribution in [3.63, 3.8) is 0 Å². The number of nitrogen functional groups attached to an aromatic ring is 1. The van der Waals surface area contributed by atoms with E-state index in [2.05, 4.69) is 10.3 Å². The average Bonchev–Trinajstić information content (AvgIpc) is 2.92. The molecule has 0 radical (unpaired) electrons. The molecule has 10 heteroatoms. The zero-order valence-electron chi connectivity index (χ0n) is 12.7. The molecule has 1 aromatic carbocycles. The molecule has 1 aliphatic rings. The molecule has 1 unspecified atom stereocenters. The van der Waals surface area contributed by atoms with Gasteiger partial charge in [-0.15, -0.1) is 0 Å². The van der Waals surface area contributed by atoms with Crippen molar-refractivity contribution in [2.75, 3.05) is 5.73 Å². The van der Waals surface area contributed by atoms with E-state index in [0.717, 1.165) is 12.1 Å². The van der Waals surface area contributed by atoms with Gasteiger partial charge in [0.1, 0.15) is 11.4 Å². The van der Waals surface area contributed by atoms with E-state index in [-0.39, 0.29) is 5.69 Å². The molecule has 0 aliphatic heterocycles. The summed E-state index contributed by atoms with van der Waals surface area (Å²) in [5.41, 5.74) is 3.20. The Morgan fingerprint density at radius 3 is 2.64 bits per heavy atom. The molecule has 7 nitrogen and oxygen atoms in total. The summed E-state index contributed by atoms with van der Waals surface area (Å²) in [7, 11) is 0. The van der Waals surface area contributed by atoms with Crippen LogP contribution in [-0.4, -0.2) is 15.9 Å². The number of nitrogens with one attached hydrogen (secondary N) is 3.